The highest BCUT2D eigenvalue weighted by atomic mass is 32.2. The van der Waals surface area contributed by atoms with Gasteiger partial charge in [-0.25, -0.2) is 9.50 Å². The van der Waals surface area contributed by atoms with E-state index in [4.69, 9.17) is 4.74 Å². The molecular formula is C15H15N3OS. The van der Waals surface area contributed by atoms with Crippen LogP contribution in [0.3, 0.4) is 0 Å². The van der Waals surface area contributed by atoms with Crippen LogP contribution in [0.1, 0.15) is 6.92 Å². The van der Waals surface area contributed by atoms with Crippen molar-refractivity contribution in [3.05, 3.63) is 42.7 Å². The van der Waals surface area contributed by atoms with Crippen molar-refractivity contribution in [3.8, 4) is 17.0 Å². The zero-order chi connectivity index (χ0) is 13.9. The van der Waals surface area contributed by atoms with Crippen LogP contribution in [0.5, 0.6) is 5.75 Å². The summed E-state index contributed by atoms with van der Waals surface area (Å²) in [5, 5.41) is 5.62. The fraction of sp³-hybridized carbons (Fsp3) is 0.200. The molecule has 5 heteroatoms. The molecule has 3 aromatic rings. The van der Waals surface area contributed by atoms with E-state index in [9.17, 15) is 0 Å². The third-order valence-electron chi connectivity index (χ3n) is 3.00. The van der Waals surface area contributed by atoms with E-state index in [0.29, 0.717) is 0 Å². The summed E-state index contributed by atoms with van der Waals surface area (Å²) in [5.74, 6) is 1.83. The summed E-state index contributed by atoms with van der Waals surface area (Å²) in [7, 11) is 1.67. The van der Waals surface area contributed by atoms with Crippen LogP contribution in [0.25, 0.3) is 16.8 Å². The van der Waals surface area contributed by atoms with Gasteiger partial charge in [0.15, 0.2) is 0 Å². The summed E-state index contributed by atoms with van der Waals surface area (Å²) in [6, 6.07) is 9.99. The number of rotatable bonds is 4. The second kappa shape index (κ2) is 5.54. The van der Waals surface area contributed by atoms with Gasteiger partial charge in [-0.2, -0.15) is 5.10 Å². The van der Waals surface area contributed by atoms with E-state index in [1.54, 1.807) is 25.1 Å². The van der Waals surface area contributed by atoms with Gasteiger partial charge in [-0.05, 0) is 24.0 Å². The van der Waals surface area contributed by atoms with Crippen molar-refractivity contribution in [1.82, 2.24) is 14.6 Å². The van der Waals surface area contributed by atoms with E-state index in [1.807, 2.05) is 35.0 Å². The molecule has 0 aliphatic carbocycles. The van der Waals surface area contributed by atoms with E-state index in [2.05, 4.69) is 23.1 Å². The SMILES string of the molecule is CCSc1nccn2nc(-c3cccc(OC)c3)cc12. The average molecular weight is 285 g/mol. The molecule has 0 radical (unpaired) electrons. The number of methoxy groups -OCH3 is 1. The maximum absolute atomic E-state index is 5.26. The highest BCUT2D eigenvalue weighted by Crippen LogP contribution is 2.27. The van der Waals surface area contributed by atoms with E-state index < -0.39 is 0 Å². The van der Waals surface area contributed by atoms with Gasteiger partial charge in [0.2, 0.25) is 0 Å². The Kier molecular flexibility index (Phi) is 3.60. The van der Waals surface area contributed by atoms with Gasteiger partial charge in [0.05, 0.1) is 18.3 Å². The minimum Gasteiger partial charge on any atom is -0.497 e. The van der Waals surface area contributed by atoms with Crippen molar-refractivity contribution in [2.75, 3.05) is 12.9 Å². The number of benzene rings is 1. The van der Waals surface area contributed by atoms with Crippen LogP contribution < -0.4 is 4.74 Å². The highest BCUT2D eigenvalue weighted by molar-refractivity contribution is 7.99. The number of hydrogen-bond donors (Lipinski definition) is 0. The quantitative estimate of drug-likeness (QED) is 0.688. The normalized spacial score (nSPS) is 10.9. The van der Waals surface area contributed by atoms with Gasteiger partial charge >= 0.3 is 0 Å². The van der Waals surface area contributed by atoms with Gasteiger partial charge in [-0.1, -0.05) is 19.1 Å². The molecule has 0 bridgehead atoms. The molecule has 4 nitrogen and oxygen atoms in total. The molecule has 0 spiro atoms. The standard InChI is InChI=1S/C15H15N3OS/c1-3-20-15-14-10-13(17-18(14)8-7-16-15)11-5-4-6-12(9-11)19-2/h4-10H,3H2,1-2H3. The lowest BCUT2D eigenvalue weighted by molar-refractivity contribution is 0.415. The molecule has 0 aliphatic rings. The molecule has 0 atom stereocenters. The van der Waals surface area contributed by atoms with Crippen molar-refractivity contribution in [2.24, 2.45) is 0 Å². The van der Waals surface area contributed by atoms with Crippen LogP contribution in [-0.4, -0.2) is 27.5 Å². The molecule has 2 heterocycles. The summed E-state index contributed by atoms with van der Waals surface area (Å²) in [6.45, 7) is 2.12. The predicted molar refractivity (Wildman–Crippen MR) is 81.4 cm³/mol. The maximum Gasteiger partial charge on any atom is 0.122 e. The molecule has 20 heavy (non-hydrogen) atoms. The van der Waals surface area contributed by atoms with E-state index >= 15 is 0 Å². The lowest BCUT2D eigenvalue weighted by Gasteiger charge is -2.00. The Hall–Kier alpha value is -2.01. The zero-order valence-electron chi connectivity index (χ0n) is 11.4. The van der Waals surface area contributed by atoms with Gasteiger partial charge in [0.25, 0.3) is 0 Å². The number of nitrogens with zero attached hydrogens (tertiary/aromatic N) is 3. The molecule has 0 amide bonds. The van der Waals surface area contributed by atoms with Crippen molar-refractivity contribution in [3.63, 3.8) is 0 Å². The first-order chi connectivity index (χ1) is 9.81. The van der Waals surface area contributed by atoms with E-state index in [1.165, 1.54) is 0 Å². The first kappa shape index (κ1) is 13.0. The number of thioether (sulfide) groups is 1. The second-order valence-corrected chi connectivity index (χ2v) is 5.51. The van der Waals surface area contributed by atoms with Crippen LogP contribution in [0.15, 0.2) is 47.8 Å². The lowest BCUT2D eigenvalue weighted by Crippen LogP contribution is -1.91. The smallest absolute Gasteiger partial charge is 0.122 e. The molecule has 0 saturated heterocycles. The molecule has 1 aromatic carbocycles. The fourth-order valence-electron chi connectivity index (χ4n) is 2.07. The predicted octanol–water partition coefficient (Wildman–Crippen LogP) is 3.52. The molecule has 0 unspecified atom stereocenters. The molecular weight excluding hydrogens is 270 g/mol. The van der Waals surface area contributed by atoms with Crippen LogP contribution in [-0.2, 0) is 0 Å². The largest absolute Gasteiger partial charge is 0.497 e. The highest BCUT2D eigenvalue weighted by Gasteiger charge is 2.09. The minimum atomic E-state index is 0.834. The Morgan fingerprint density at radius 3 is 3.00 bits per heavy atom. The summed E-state index contributed by atoms with van der Waals surface area (Å²) in [4.78, 5) is 4.41. The van der Waals surface area contributed by atoms with Gasteiger partial charge < -0.3 is 4.74 Å². The summed E-state index contributed by atoms with van der Waals surface area (Å²) in [5.41, 5.74) is 3.01. The van der Waals surface area contributed by atoms with Gasteiger partial charge in [-0.3, -0.25) is 0 Å². The topological polar surface area (TPSA) is 39.4 Å². The van der Waals surface area contributed by atoms with Crippen LogP contribution >= 0.6 is 11.8 Å². The molecule has 0 aliphatic heterocycles. The maximum atomic E-state index is 5.26. The second-order valence-electron chi connectivity index (χ2n) is 4.26. The van der Waals surface area contributed by atoms with E-state index in [0.717, 1.165) is 33.3 Å². The summed E-state index contributed by atoms with van der Waals surface area (Å²) < 4.78 is 7.14. The lowest BCUT2D eigenvalue weighted by atomic mass is 10.1. The molecule has 0 N–H and O–H groups in total. The van der Waals surface area contributed by atoms with Crippen molar-refractivity contribution in [2.45, 2.75) is 11.9 Å². The summed E-state index contributed by atoms with van der Waals surface area (Å²) in [6.07, 6.45) is 3.66. The number of aromatic nitrogens is 3. The minimum absolute atomic E-state index is 0.834. The Morgan fingerprint density at radius 2 is 2.20 bits per heavy atom. The van der Waals surface area contributed by atoms with Crippen molar-refractivity contribution >= 4 is 17.3 Å². The fourth-order valence-corrected chi connectivity index (χ4v) is 2.78. The van der Waals surface area contributed by atoms with Gasteiger partial charge in [-0.15, -0.1) is 11.8 Å². The molecule has 102 valence electrons. The number of hydrogen-bond acceptors (Lipinski definition) is 4. The Morgan fingerprint density at radius 1 is 1.30 bits per heavy atom. The molecule has 2 aromatic heterocycles. The Labute approximate surface area is 121 Å². The Balaban J connectivity index is 2.10. The molecule has 0 saturated carbocycles. The van der Waals surface area contributed by atoms with Crippen LogP contribution in [0, 0.1) is 0 Å². The first-order valence-corrected chi connectivity index (χ1v) is 7.42. The summed E-state index contributed by atoms with van der Waals surface area (Å²) >= 11 is 1.72. The van der Waals surface area contributed by atoms with Crippen LogP contribution in [0.2, 0.25) is 0 Å². The Bertz CT molecular complexity index is 739. The van der Waals surface area contributed by atoms with Gasteiger partial charge in [0.1, 0.15) is 10.8 Å². The van der Waals surface area contributed by atoms with E-state index in [-0.39, 0.29) is 0 Å². The monoisotopic (exact) mass is 285 g/mol. The zero-order valence-corrected chi connectivity index (χ0v) is 12.2. The van der Waals surface area contributed by atoms with Crippen molar-refractivity contribution in [1.29, 1.82) is 0 Å². The number of fused-ring (bicyclic) bond motifs is 1. The number of ether oxygens (including phenoxy) is 1. The van der Waals surface area contributed by atoms with Crippen LogP contribution in [0.4, 0.5) is 0 Å². The van der Waals surface area contributed by atoms with Crippen molar-refractivity contribution < 1.29 is 4.74 Å². The average Bonchev–Trinajstić information content (AvgIpc) is 2.93. The third-order valence-corrected chi connectivity index (χ3v) is 3.88. The third kappa shape index (κ3) is 2.36. The first-order valence-electron chi connectivity index (χ1n) is 6.43. The van der Waals surface area contributed by atoms with Gasteiger partial charge in [0, 0.05) is 18.0 Å². The molecule has 3 rings (SSSR count). The molecule has 0 fully saturated rings.